The summed E-state index contributed by atoms with van der Waals surface area (Å²) in [6.45, 7) is 0. The Hall–Kier alpha value is -6.11. The van der Waals surface area contributed by atoms with Gasteiger partial charge in [0.25, 0.3) is 0 Å². The van der Waals surface area contributed by atoms with E-state index in [1.165, 1.54) is 25.7 Å². The lowest BCUT2D eigenvalue weighted by atomic mass is 9.98. The molecule has 0 unspecified atom stereocenters. The molecule has 0 saturated heterocycles. The average Bonchev–Trinajstić information content (AvgIpc) is 3.64. The third-order valence-corrected chi connectivity index (χ3v) is 10.5. The largest absolute Gasteiger partial charge is 0.328 e. The molecule has 6 heteroatoms. The van der Waals surface area contributed by atoms with Crippen LogP contribution in [0.25, 0.3) is 87.4 Å². The normalized spacial score (nSPS) is 11.6. The predicted octanol–water partition coefficient (Wildman–Crippen LogP) is 10.4. The van der Waals surface area contributed by atoms with E-state index in [9.17, 15) is 4.79 Å². The summed E-state index contributed by atoms with van der Waals surface area (Å²) in [5, 5.41) is 2.60. The molecule has 0 saturated carbocycles. The monoisotopic (exact) mass is 650 g/mol. The molecule has 0 aliphatic rings. The van der Waals surface area contributed by atoms with E-state index in [1.807, 2.05) is 49.7 Å². The van der Waals surface area contributed by atoms with Gasteiger partial charge in [0.2, 0.25) is 0 Å². The summed E-state index contributed by atoms with van der Waals surface area (Å²) in [4.78, 5) is 22.8. The molecular weight excluding hydrogens is 621 g/mol. The first kappa shape index (κ1) is 29.1. The zero-order chi connectivity index (χ0) is 33.1. The number of aromatic nitrogens is 4. The number of imidazole rings is 1. The lowest BCUT2D eigenvalue weighted by molar-refractivity contribution is 0.795. The minimum Gasteiger partial charge on any atom is -0.295 e. The van der Waals surface area contributed by atoms with E-state index in [0.29, 0.717) is 5.82 Å². The summed E-state index contributed by atoms with van der Waals surface area (Å²) in [5.74, 6) is 0.677. The molecule has 0 bridgehead atoms. The Morgan fingerprint density at radius 2 is 1.00 bits per heavy atom. The highest BCUT2D eigenvalue weighted by atomic mass is 32.1. The maximum Gasteiger partial charge on any atom is 0.328 e. The zero-order valence-corrected chi connectivity index (χ0v) is 27.8. The third-order valence-electron chi connectivity index (χ3n) is 9.39. The summed E-state index contributed by atoms with van der Waals surface area (Å²) < 4.78 is 5.97. The van der Waals surface area contributed by atoms with E-state index in [0.717, 1.165) is 55.8 Å². The van der Waals surface area contributed by atoms with Gasteiger partial charge in [-0.15, -0.1) is 11.3 Å². The highest BCUT2D eigenvalue weighted by molar-refractivity contribution is 7.25. The van der Waals surface area contributed by atoms with Gasteiger partial charge in [0.05, 0.1) is 22.4 Å². The van der Waals surface area contributed by atoms with Gasteiger partial charge in [0.1, 0.15) is 0 Å². The van der Waals surface area contributed by atoms with Crippen LogP contribution < -0.4 is 5.69 Å². The molecular formula is C43H30N4OS. The van der Waals surface area contributed by atoms with Crippen molar-refractivity contribution in [3.05, 3.63) is 156 Å². The van der Waals surface area contributed by atoms with Gasteiger partial charge in [-0.1, -0.05) is 103 Å². The molecule has 0 spiro atoms. The van der Waals surface area contributed by atoms with E-state index >= 15 is 0 Å². The van der Waals surface area contributed by atoms with Crippen molar-refractivity contribution in [1.29, 1.82) is 0 Å². The lowest BCUT2D eigenvalue weighted by Gasteiger charge is -2.12. The van der Waals surface area contributed by atoms with E-state index in [-0.39, 0.29) is 5.69 Å². The van der Waals surface area contributed by atoms with Gasteiger partial charge in [0.15, 0.2) is 5.82 Å². The smallest absolute Gasteiger partial charge is 0.295 e. The predicted molar refractivity (Wildman–Crippen MR) is 204 cm³/mol. The standard InChI is InChI=1S/C43H30N4OS/c1-46-38-21-19-30(24-39(38)47(2)43(46)48)28-12-8-14-32(22-28)36-26-37(45-42(44-36)27-10-4-3-5-11-27)33-15-9-13-29(23-33)31-18-20-35-34-16-6-7-17-40(34)49-41(35)25-31/h3-26H,1-2H3. The molecule has 0 aliphatic heterocycles. The maximum absolute atomic E-state index is 12.6. The first-order chi connectivity index (χ1) is 24.0. The van der Waals surface area contributed by atoms with Crippen LogP contribution in [0.15, 0.2) is 150 Å². The first-order valence-corrected chi connectivity index (χ1v) is 17.0. The van der Waals surface area contributed by atoms with Crippen LogP contribution in [-0.4, -0.2) is 19.1 Å². The number of benzene rings is 6. The van der Waals surface area contributed by atoms with Crippen LogP contribution in [0.2, 0.25) is 0 Å². The quantitative estimate of drug-likeness (QED) is 0.186. The molecule has 0 radical (unpaired) electrons. The third kappa shape index (κ3) is 5.05. The molecule has 3 heterocycles. The molecule has 3 aromatic heterocycles. The molecule has 0 aliphatic carbocycles. The van der Waals surface area contributed by atoms with Gasteiger partial charge in [0, 0.05) is 51.0 Å². The topological polar surface area (TPSA) is 52.7 Å². The van der Waals surface area contributed by atoms with E-state index in [1.54, 1.807) is 9.13 Å². The van der Waals surface area contributed by atoms with Gasteiger partial charge < -0.3 is 0 Å². The second-order valence-corrected chi connectivity index (χ2v) is 13.5. The minimum atomic E-state index is -0.0347. The summed E-state index contributed by atoms with van der Waals surface area (Å²) >= 11 is 1.84. The maximum atomic E-state index is 12.6. The van der Waals surface area contributed by atoms with Crippen LogP contribution in [0.4, 0.5) is 0 Å². The number of hydrogen-bond donors (Lipinski definition) is 0. The van der Waals surface area contributed by atoms with Crippen molar-refractivity contribution in [1.82, 2.24) is 19.1 Å². The van der Waals surface area contributed by atoms with Crippen LogP contribution in [0.5, 0.6) is 0 Å². The number of aryl methyl sites for hydroxylation is 2. The average molecular weight is 651 g/mol. The highest BCUT2D eigenvalue weighted by Crippen LogP contribution is 2.37. The number of nitrogens with zero attached hydrogens (tertiary/aromatic N) is 4. The highest BCUT2D eigenvalue weighted by Gasteiger charge is 2.14. The van der Waals surface area contributed by atoms with Crippen molar-refractivity contribution < 1.29 is 0 Å². The van der Waals surface area contributed by atoms with Gasteiger partial charge in [-0.25, -0.2) is 14.8 Å². The summed E-state index contributed by atoms with van der Waals surface area (Å²) in [6, 6.07) is 50.8. The summed E-state index contributed by atoms with van der Waals surface area (Å²) in [5.41, 5.74) is 10.9. The van der Waals surface area contributed by atoms with Crippen LogP contribution in [-0.2, 0) is 14.1 Å². The first-order valence-electron chi connectivity index (χ1n) is 16.2. The zero-order valence-electron chi connectivity index (χ0n) is 27.0. The van der Waals surface area contributed by atoms with Crippen molar-refractivity contribution in [3.63, 3.8) is 0 Å². The molecule has 0 atom stereocenters. The number of fused-ring (bicyclic) bond motifs is 4. The Morgan fingerprint density at radius 3 is 1.73 bits per heavy atom. The van der Waals surface area contributed by atoms with Crippen LogP contribution >= 0.6 is 11.3 Å². The van der Waals surface area contributed by atoms with Crippen molar-refractivity contribution in [2.24, 2.45) is 14.1 Å². The summed E-state index contributed by atoms with van der Waals surface area (Å²) in [6.07, 6.45) is 0. The second kappa shape index (κ2) is 11.5. The Morgan fingerprint density at radius 1 is 0.449 bits per heavy atom. The van der Waals surface area contributed by atoms with Crippen LogP contribution in [0, 0.1) is 0 Å². The molecule has 9 rings (SSSR count). The van der Waals surface area contributed by atoms with E-state index in [2.05, 4.69) is 121 Å². The second-order valence-electron chi connectivity index (χ2n) is 12.4. The number of rotatable bonds is 5. The number of thiophene rings is 1. The lowest BCUT2D eigenvalue weighted by Crippen LogP contribution is -2.19. The Kier molecular flexibility index (Phi) is 6.85. The van der Waals surface area contributed by atoms with Crippen molar-refractivity contribution in [2.75, 3.05) is 0 Å². The van der Waals surface area contributed by atoms with Crippen molar-refractivity contribution >= 4 is 42.5 Å². The van der Waals surface area contributed by atoms with Crippen LogP contribution in [0.1, 0.15) is 0 Å². The fraction of sp³-hybridized carbons (Fsp3) is 0.0465. The van der Waals surface area contributed by atoms with E-state index in [4.69, 9.17) is 9.97 Å². The molecule has 0 N–H and O–H groups in total. The fourth-order valence-electron chi connectivity index (χ4n) is 6.77. The van der Waals surface area contributed by atoms with Gasteiger partial charge >= 0.3 is 5.69 Å². The summed E-state index contributed by atoms with van der Waals surface area (Å²) in [7, 11) is 3.62. The van der Waals surface area contributed by atoms with Crippen molar-refractivity contribution in [2.45, 2.75) is 0 Å². The Labute approximate surface area is 287 Å². The van der Waals surface area contributed by atoms with Gasteiger partial charge in [-0.2, -0.15) is 0 Å². The SMILES string of the molecule is Cn1c(=O)n(C)c2cc(-c3cccc(-c4cc(-c5cccc(-c6ccc7c(c6)sc6ccccc67)c5)nc(-c5ccccc5)n4)c3)ccc21. The molecule has 9 aromatic rings. The minimum absolute atomic E-state index is 0.0347. The molecule has 6 aromatic carbocycles. The number of hydrogen-bond acceptors (Lipinski definition) is 4. The Balaban J connectivity index is 1.15. The van der Waals surface area contributed by atoms with Gasteiger partial charge in [-0.3, -0.25) is 9.13 Å². The fourth-order valence-corrected chi connectivity index (χ4v) is 7.91. The molecule has 234 valence electrons. The molecule has 5 nitrogen and oxygen atoms in total. The van der Waals surface area contributed by atoms with Gasteiger partial charge in [-0.05, 0) is 64.7 Å². The van der Waals surface area contributed by atoms with E-state index < -0.39 is 0 Å². The Bertz CT molecular complexity index is 2770. The van der Waals surface area contributed by atoms with Crippen LogP contribution in [0.3, 0.4) is 0 Å². The molecule has 0 fully saturated rings. The van der Waals surface area contributed by atoms with Crippen molar-refractivity contribution in [3.8, 4) is 56.2 Å². The molecule has 0 amide bonds. The molecule has 49 heavy (non-hydrogen) atoms.